The molecule has 1 aromatic carbocycles. The Morgan fingerprint density at radius 3 is 2.72 bits per heavy atom. The summed E-state index contributed by atoms with van der Waals surface area (Å²) in [6.45, 7) is 0.489. The van der Waals surface area contributed by atoms with Gasteiger partial charge in [-0.05, 0) is 24.1 Å². The van der Waals surface area contributed by atoms with Crippen LogP contribution in [0.4, 0.5) is 10.2 Å². The van der Waals surface area contributed by atoms with Crippen molar-refractivity contribution >= 4 is 5.82 Å². The van der Waals surface area contributed by atoms with Crippen LogP contribution >= 0.6 is 0 Å². The molecule has 0 unspecified atom stereocenters. The molecule has 0 aliphatic heterocycles. The zero-order valence-corrected chi connectivity index (χ0v) is 9.50. The second-order valence-corrected chi connectivity index (χ2v) is 3.81. The van der Waals surface area contributed by atoms with Crippen molar-refractivity contribution in [1.29, 1.82) is 0 Å². The Bertz CT molecular complexity index is 620. The highest BCUT2D eigenvalue weighted by Gasteiger charge is 1.98. The van der Waals surface area contributed by atoms with Crippen LogP contribution in [-0.2, 0) is 6.42 Å². The summed E-state index contributed by atoms with van der Waals surface area (Å²) >= 11 is 0. The molecule has 0 amide bonds. The third-order valence-corrected chi connectivity index (χ3v) is 2.38. The second kappa shape index (κ2) is 5.31. The summed E-state index contributed by atoms with van der Waals surface area (Å²) in [7, 11) is 0. The molecule has 3 N–H and O–H groups in total. The van der Waals surface area contributed by atoms with Crippen LogP contribution in [0.5, 0.6) is 0 Å². The molecule has 94 valence electrons. The summed E-state index contributed by atoms with van der Waals surface area (Å²) < 4.78 is 12.9. The molecule has 0 aliphatic rings. The van der Waals surface area contributed by atoms with E-state index in [1.165, 1.54) is 18.2 Å². The van der Waals surface area contributed by atoms with Crippen LogP contribution in [-0.4, -0.2) is 16.5 Å². The quantitative estimate of drug-likeness (QED) is 0.752. The first kappa shape index (κ1) is 12.1. The zero-order chi connectivity index (χ0) is 13.0. The van der Waals surface area contributed by atoms with Crippen molar-refractivity contribution in [2.75, 3.05) is 11.9 Å². The third-order valence-electron chi connectivity index (χ3n) is 2.38. The molecule has 0 atom stereocenters. The molecule has 6 heteroatoms. The monoisotopic (exact) mass is 249 g/mol. The minimum atomic E-state index is -0.559. The normalized spacial score (nSPS) is 10.3. The Labute approximate surface area is 102 Å². The van der Waals surface area contributed by atoms with Crippen LogP contribution in [0.3, 0.4) is 0 Å². The van der Waals surface area contributed by atoms with E-state index in [4.69, 9.17) is 0 Å². The maximum atomic E-state index is 12.9. The van der Waals surface area contributed by atoms with E-state index in [1.54, 1.807) is 6.07 Å². The number of aromatic nitrogens is 2. The van der Waals surface area contributed by atoms with Crippen molar-refractivity contribution in [3.63, 3.8) is 0 Å². The van der Waals surface area contributed by atoms with Crippen LogP contribution in [0.25, 0.3) is 0 Å². The number of halogens is 1. The lowest BCUT2D eigenvalue weighted by Crippen LogP contribution is -2.23. The molecule has 0 aliphatic carbocycles. The van der Waals surface area contributed by atoms with Gasteiger partial charge in [0, 0.05) is 12.6 Å². The highest BCUT2D eigenvalue weighted by molar-refractivity contribution is 5.32. The van der Waals surface area contributed by atoms with E-state index in [0.717, 1.165) is 5.56 Å². The highest BCUT2D eigenvalue weighted by atomic mass is 19.1. The van der Waals surface area contributed by atoms with E-state index < -0.39 is 11.2 Å². The molecule has 0 radical (unpaired) electrons. The topological polar surface area (TPSA) is 77.8 Å². The molecule has 0 saturated carbocycles. The lowest BCUT2D eigenvalue weighted by molar-refractivity contribution is 0.625. The van der Waals surface area contributed by atoms with E-state index in [0.29, 0.717) is 18.8 Å². The van der Waals surface area contributed by atoms with Crippen LogP contribution < -0.4 is 16.6 Å². The van der Waals surface area contributed by atoms with Gasteiger partial charge in [-0.15, -0.1) is 0 Å². The minimum Gasteiger partial charge on any atom is -0.371 e. The average Bonchev–Trinajstić information content (AvgIpc) is 2.27. The van der Waals surface area contributed by atoms with Crippen LogP contribution in [0.15, 0.2) is 39.9 Å². The predicted molar refractivity (Wildman–Crippen MR) is 66.3 cm³/mol. The van der Waals surface area contributed by atoms with Gasteiger partial charge < -0.3 is 5.32 Å². The molecule has 0 fully saturated rings. The Morgan fingerprint density at radius 1 is 1.17 bits per heavy atom. The smallest absolute Gasteiger partial charge is 0.327 e. The number of nitrogens with one attached hydrogen (secondary N) is 3. The van der Waals surface area contributed by atoms with Gasteiger partial charge in [0.25, 0.3) is 5.56 Å². The third kappa shape index (κ3) is 3.31. The first-order chi connectivity index (χ1) is 8.63. The van der Waals surface area contributed by atoms with Crippen molar-refractivity contribution in [3.8, 4) is 0 Å². The fourth-order valence-corrected chi connectivity index (χ4v) is 1.60. The number of hydrogen-bond donors (Lipinski definition) is 3. The second-order valence-electron chi connectivity index (χ2n) is 3.81. The SMILES string of the molecule is O=c1cc(NCCc2cccc(F)c2)[nH]c(=O)[nH]1. The summed E-state index contributed by atoms with van der Waals surface area (Å²) in [5.74, 6) is 0.0669. The molecule has 18 heavy (non-hydrogen) atoms. The summed E-state index contributed by atoms with van der Waals surface area (Å²) in [4.78, 5) is 26.5. The van der Waals surface area contributed by atoms with E-state index >= 15 is 0 Å². The van der Waals surface area contributed by atoms with Gasteiger partial charge in [-0.3, -0.25) is 14.8 Å². The standard InChI is InChI=1S/C12H12FN3O2/c13-9-3-1-2-8(6-9)4-5-14-10-7-11(17)16-12(18)15-10/h1-3,6-7H,4-5H2,(H3,14,15,16,17,18). The summed E-state index contributed by atoms with van der Waals surface area (Å²) in [5.41, 5.74) is -0.183. The van der Waals surface area contributed by atoms with Gasteiger partial charge in [0.1, 0.15) is 11.6 Å². The van der Waals surface area contributed by atoms with Crippen molar-refractivity contribution in [3.05, 3.63) is 62.6 Å². The number of anilines is 1. The Balaban J connectivity index is 1.96. The summed E-state index contributed by atoms with van der Waals surface area (Å²) in [6, 6.07) is 7.53. The fourth-order valence-electron chi connectivity index (χ4n) is 1.60. The van der Waals surface area contributed by atoms with Gasteiger partial charge in [0.2, 0.25) is 0 Å². The maximum absolute atomic E-state index is 12.9. The average molecular weight is 249 g/mol. The van der Waals surface area contributed by atoms with E-state index in [-0.39, 0.29) is 5.82 Å². The van der Waals surface area contributed by atoms with Crippen molar-refractivity contribution in [2.45, 2.75) is 6.42 Å². The Kier molecular flexibility index (Phi) is 3.57. The molecule has 0 bridgehead atoms. The molecular formula is C12H12FN3O2. The highest BCUT2D eigenvalue weighted by Crippen LogP contribution is 2.04. The molecule has 5 nitrogen and oxygen atoms in total. The molecule has 1 heterocycles. The van der Waals surface area contributed by atoms with Gasteiger partial charge in [0.05, 0.1) is 0 Å². The molecule has 0 saturated heterocycles. The largest absolute Gasteiger partial charge is 0.371 e. The maximum Gasteiger partial charge on any atom is 0.327 e. The molecule has 2 aromatic rings. The van der Waals surface area contributed by atoms with Gasteiger partial charge in [0.15, 0.2) is 0 Å². The van der Waals surface area contributed by atoms with Crippen molar-refractivity contribution < 1.29 is 4.39 Å². The summed E-state index contributed by atoms with van der Waals surface area (Å²) in [6.07, 6.45) is 0.590. The van der Waals surface area contributed by atoms with Gasteiger partial charge in [-0.2, -0.15) is 0 Å². The molecular weight excluding hydrogens is 237 g/mol. The summed E-state index contributed by atoms with van der Waals surface area (Å²) in [5, 5.41) is 2.90. The van der Waals surface area contributed by atoms with E-state index in [1.807, 2.05) is 6.07 Å². The van der Waals surface area contributed by atoms with E-state index in [9.17, 15) is 14.0 Å². The van der Waals surface area contributed by atoms with Crippen LogP contribution in [0.1, 0.15) is 5.56 Å². The Morgan fingerprint density at radius 2 is 2.00 bits per heavy atom. The fraction of sp³-hybridized carbons (Fsp3) is 0.167. The van der Waals surface area contributed by atoms with Gasteiger partial charge in [-0.25, -0.2) is 9.18 Å². The van der Waals surface area contributed by atoms with Gasteiger partial charge in [-0.1, -0.05) is 12.1 Å². The lowest BCUT2D eigenvalue weighted by Gasteiger charge is -2.05. The molecule has 2 rings (SSSR count). The number of benzene rings is 1. The first-order valence-electron chi connectivity index (χ1n) is 5.45. The van der Waals surface area contributed by atoms with Crippen molar-refractivity contribution in [1.82, 2.24) is 9.97 Å². The van der Waals surface area contributed by atoms with Crippen molar-refractivity contribution in [2.24, 2.45) is 0 Å². The van der Waals surface area contributed by atoms with Gasteiger partial charge >= 0.3 is 5.69 Å². The lowest BCUT2D eigenvalue weighted by atomic mass is 10.1. The molecule has 1 aromatic heterocycles. The zero-order valence-electron chi connectivity index (χ0n) is 9.50. The number of H-pyrrole nitrogens is 2. The Hall–Kier alpha value is -2.37. The number of aromatic amines is 2. The number of rotatable bonds is 4. The van der Waals surface area contributed by atoms with Crippen LogP contribution in [0.2, 0.25) is 0 Å². The first-order valence-corrected chi connectivity index (χ1v) is 5.45. The van der Waals surface area contributed by atoms with Crippen LogP contribution in [0, 0.1) is 5.82 Å². The van der Waals surface area contributed by atoms with E-state index in [2.05, 4.69) is 15.3 Å². The predicted octanol–water partition coefficient (Wildman–Crippen LogP) is 0.857. The minimum absolute atomic E-state index is 0.280. The molecule has 0 spiro atoms. The number of hydrogen-bond acceptors (Lipinski definition) is 3.